The van der Waals surface area contributed by atoms with Gasteiger partial charge in [-0.3, -0.25) is 0 Å². The van der Waals surface area contributed by atoms with Crippen molar-refractivity contribution in [1.82, 2.24) is 4.90 Å². The third-order valence-electron chi connectivity index (χ3n) is 3.21. The van der Waals surface area contributed by atoms with E-state index in [0.29, 0.717) is 0 Å². The standard InChI is InChI=1S/C12H23NO3/c1-11(2,3)16-10(15)13(4)12(9-14)7-5-6-8-12/h14H,5-9H2,1-4H3. The maximum atomic E-state index is 11.9. The minimum atomic E-state index is -0.486. The van der Waals surface area contributed by atoms with Crippen LogP contribution in [-0.4, -0.2) is 40.9 Å². The van der Waals surface area contributed by atoms with Gasteiger partial charge in [0.25, 0.3) is 0 Å². The molecular weight excluding hydrogens is 206 g/mol. The molecule has 0 aromatic carbocycles. The average Bonchev–Trinajstić information content (AvgIpc) is 2.63. The minimum Gasteiger partial charge on any atom is -0.444 e. The lowest BCUT2D eigenvalue weighted by Gasteiger charge is -2.38. The van der Waals surface area contributed by atoms with Crippen molar-refractivity contribution in [2.24, 2.45) is 0 Å². The molecule has 0 heterocycles. The molecule has 1 rings (SSSR count). The van der Waals surface area contributed by atoms with Crippen molar-refractivity contribution in [3.8, 4) is 0 Å². The lowest BCUT2D eigenvalue weighted by molar-refractivity contribution is -0.00781. The van der Waals surface area contributed by atoms with E-state index in [0.717, 1.165) is 25.7 Å². The van der Waals surface area contributed by atoms with Crippen LogP contribution >= 0.6 is 0 Å². The second-order valence-electron chi connectivity index (χ2n) is 5.63. The predicted octanol–water partition coefficient (Wildman–Crippen LogP) is 2.16. The summed E-state index contributed by atoms with van der Waals surface area (Å²) in [6.45, 7) is 5.56. The van der Waals surface area contributed by atoms with Crippen molar-refractivity contribution in [1.29, 1.82) is 0 Å². The number of ether oxygens (including phenoxy) is 1. The topological polar surface area (TPSA) is 49.8 Å². The summed E-state index contributed by atoms with van der Waals surface area (Å²) < 4.78 is 5.31. The molecule has 1 aliphatic rings. The summed E-state index contributed by atoms with van der Waals surface area (Å²) in [6, 6.07) is 0. The van der Waals surface area contributed by atoms with Crippen LogP contribution < -0.4 is 0 Å². The molecular formula is C12H23NO3. The number of carbonyl (C=O) groups is 1. The number of hydrogen-bond acceptors (Lipinski definition) is 3. The van der Waals surface area contributed by atoms with Gasteiger partial charge >= 0.3 is 6.09 Å². The van der Waals surface area contributed by atoms with Crippen LogP contribution in [-0.2, 0) is 4.74 Å². The van der Waals surface area contributed by atoms with E-state index >= 15 is 0 Å². The summed E-state index contributed by atoms with van der Waals surface area (Å²) in [6.07, 6.45) is 3.50. The van der Waals surface area contributed by atoms with Crippen molar-refractivity contribution in [3.05, 3.63) is 0 Å². The lowest BCUT2D eigenvalue weighted by atomic mass is 9.97. The fourth-order valence-electron chi connectivity index (χ4n) is 2.16. The highest BCUT2D eigenvalue weighted by Crippen LogP contribution is 2.34. The SMILES string of the molecule is CN(C(=O)OC(C)(C)C)C1(CO)CCCC1. The molecule has 1 aliphatic carbocycles. The number of aliphatic hydroxyl groups excluding tert-OH is 1. The van der Waals surface area contributed by atoms with E-state index in [9.17, 15) is 9.90 Å². The number of rotatable bonds is 2. The smallest absolute Gasteiger partial charge is 0.410 e. The number of likely N-dealkylation sites (N-methyl/N-ethyl adjacent to an activating group) is 1. The van der Waals surface area contributed by atoms with Crippen LogP contribution in [0.1, 0.15) is 46.5 Å². The van der Waals surface area contributed by atoms with Crippen LogP contribution in [0.25, 0.3) is 0 Å². The van der Waals surface area contributed by atoms with E-state index in [1.54, 1.807) is 11.9 Å². The number of nitrogens with zero attached hydrogens (tertiary/aromatic N) is 1. The average molecular weight is 229 g/mol. The monoisotopic (exact) mass is 229 g/mol. The van der Waals surface area contributed by atoms with Gasteiger partial charge in [0.2, 0.25) is 0 Å². The second-order valence-corrected chi connectivity index (χ2v) is 5.63. The van der Waals surface area contributed by atoms with Gasteiger partial charge < -0.3 is 14.7 Å². The van der Waals surface area contributed by atoms with Crippen molar-refractivity contribution in [2.45, 2.75) is 57.6 Å². The Balaban J connectivity index is 2.68. The zero-order valence-corrected chi connectivity index (χ0v) is 10.7. The maximum Gasteiger partial charge on any atom is 0.410 e. The van der Waals surface area contributed by atoms with Gasteiger partial charge in [-0.15, -0.1) is 0 Å². The summed E-state index contributed by atoms with van der Waals surface area (Å²) >= 11 is 0. The Morgan fingerprint density at radius 1 is 1.38 bits per heavy atom. The van der Waals surface area contributed by atoms with Gasteiger partial charge in [-0.1, -0.05) is 12.8 Å². The maximum absolute atomic E-state index is 11.9. The van der Waals surface area contributed by atoms with E-state index in [1.165, 1.54) is 0 Å². The highest BCUT2D eigenvalue weighted by atomic mass is 16.6. The van der Waals surface area contributed by atoms with Crippen molar-refractivity contribution in [2.75, 3.05) is 13.7 Å². The van der Waals surface area contributed by atoms with Crippen LogP contribution in [0.4, 0.5) is 4.79 Å². The normalized spacial score (nSPS) is 19.6. The molecule has 0 aromatic heterocycles. The van der Waals surface area contributed by atoms with Crippen molar-refractivity contribution >= 4 is 6.09 Å². The zero-order chi connectivity index (χ0) is 12.4. The van der Waals surface area contributed by atoms with Crippen molar-refractivity contribution in [3.63, 3.8) is 0 Å². The Morgan fingerprint density at radius 3 is 2.25 bits per heavy atom. The molecule has 1 amide bonds. The Kier molecular flexibility index (Phi) is 3.84. The quantitative estimate of drug-likeness (QED) is 0.789. The highest BCUT2D eigenvalue weighted by Gasteiger charge is 2.41. The summed E-state index contributed by atoms with van der Waals surface area (Å²) in [5.74, 6) is 0. The number of aliphatic hydroxyl groups is 1. The van der Waals surface area contributed by atoms with E-state index in [4.69, 9.17) is 4.74 Å². The Labute approximate surface area is 97.6 Å². The Bertz CT molecular complexity index is 251. The number of amides is 1. The third-order valence-corrected chi connectivity index (χ3v) is 3.21. The molecule has 0 spiro atoms. The molecule has 0 bridgehead atoms. The highest BCUT2D eigenvalue weighted by molar-refractivity contribution is 5.69. The van der Waals surface area contributed by atoms with Crippen LogP contribution in [0.15, 0.2) is 0 Å². The molecule has 0 unspecified atom stereocenters. The molecule has 0 aromatic rings. The lowest BCUT2D eigenvalue weighted by Crippen LogP contribution is -2.51. The summed E-state index contributed by atoms with van der Waals surface area (Å²) in [4.78, 5) is 13.5. The van der Waals surface area contributed by atoms with Gasteiger partial charge in [0.1, 0.15) is 5.60 Å². The summed E-state index contributed by atoms with van der Waals surface area (Å²) in [5, 5.41) is 9.48. The molecule has 4 nitrogen and oxygen atoms in total. The Morgan fingerprint density at radius 2 is 1.88 bits per heavy atom. The molecule has 94 valence electrons. The van der Waals surface area contributed by atoms with Gasteiger partial charge in [0.05, 0.1) is 12.1 Å². The minimum absolute atomic E-state index is 0.0166. The fourth-order valence-corrected chi connectivity index (χ4v) is 2.16. The van der Waals surface area contributed by atoms with Crippen LogP contribution in [0, 0.1) is 0 Å². The third kappa shape index (κ3) is 2.88. The Hall–Kier alpha value is -0.770. The van der Waals surface area contributed by atoms with E-state index < -0.39 is 11.1 Å². The van der Waals surface area contributed by atoms with Gasteiger partial charge in [-0.2, -0.15) is 0 Å². The van der Waals surface area contributed by atoms with Crippen LogP contribution in [0.2, 0.25) is 0 Å². The molecule has 0 saturated heterocycles. The first kappa shape index (κ1) is 13.3. The largest absolute Gasteiger partial charge is 0.444 e. The number of hydrogen-bond donors (Lipinski definition) is 1. The first-order valence-corrected chi connectivity index (χ1v) is 5.88. The molecule has 1 saturated carbocycles. The van der Waals surface area contributed by atoms with Gasteiger partial charge in [-0.05, 0) is 33.6 Å². The molecule has 16 heavy (non-hydrogen) atoms. The molecule has 0 atom stereocenters. The fraction of sp³-hybridized carbons (Fsp3) is 0.917. The van der Waals surface area contributed by atoms with Gasteiger partial charge in [0, 0.05) is 7.05 Å². The molecule has 0 aliphatic heterocycles. The zero-order valence-electron chi connectivity index (χ0n) is 10.7. The van der Waals surface area contributed by atoms with Gasteiger partial charge in [-0.25, -0.2) is 4.79 Å². The van der Waals surface area contributed by atoms with Gasteiger partial charge in [0.15, 0.2) is 0 Å². The summed E-state index contributed by atoms with van der Waals surface area (Å²) in [7, 11) is 1.72. The molecule has 1 fully saturated rings. The van der Waals surface area contributed by atoms with E-state index in [1.807, 2.05) is 20.8 Å². The summed E-state index contributed by atoms with van der Waals surface area (Å²) in [5.41, 5.74) is -0.886. The van der Waals surface area contributed by atoms with E-state index in [2.05, 4.69) is 0 Å². The second kappa shape index (κ2) is 4.62. The van der Waals surface area contributed by atoms with E-state index in [-0.39, 0.29) is 12.7 Å². The first-order chi connectivity index (χ1) is 7.31. The van der Waals surface area contributed by atoms with Crippen molar-refractivity contribution < 1.29 is 14.6 Å². The first-order valence-electron chi connectivity index (χ1n) is 5.88. The molecule has 0 radical (unpaired) electrons. The molecule has 4 heteroatoms. The van der Waals surface area contributed by atoms with Crippen LogP contribution in [0.3, 0.4) is 0 Å². The van der Waals surface area contributed by atoms with Crippen LogP contribution in [0.5, 0.6) is 0 Å². The predicted molar refractivity (Wildman–Crippen MR) is 62.3 cm³/mol. The number of carbonyl (C=O) groups excluding carboxylic acids is 1. The molecule has 1 N–H and O–H groups in total.